The molecule has 0 spiro atoms. The summed E-state index contributed by atoms with van der Waals surface area (Å²) in [4.78, 5) is 31.4. The summed E-state index contributed by atoms with van der Waals surface area (Å²) in [6.45, 7) is 0.981. The van der Waals surface area contributed by atoms with E-state index in [-0.39, 0.29) is 42.4 Å². The maximum Gasteiger partial charge on any atom is 0.251 e. The van der Waals surface area contributed by atoms with Crippen molar-refractivity contribution in [2.45, 2.75) is 31.2 Å². The van der Waals surface area contributed by atoms with Crippen LogP contribution in [0.15, 0.2) is 50.3 Å². The largest absolute Gasteiger partial charge is 0.461 e. The number of rotatable bonds is 5. The Hall–Kier alpha value is -3.20. The molecule has 3 atom stereocenters. The number of hydrogen-bond acceptors (Lipinski definition) is 7. The number of fused-ring (bicyclic) bond motifs is 4. The van der Waals surface area contributed by atoms with E-state index in [4.69, 9.17) is 8.94 Å². The average Bonchev–Trinajstić information content (AvgIpc) is 3.45. The number of carbonyl (C=O) groups excluding carboxylic acids is 1. The molecule has 2 aliphatic heterocycles. The van der Waals surface area contributed by atoms with Crippen molar-refractivity contribution in [2.24, 2.45) is 5.92 Å². The smallest absolute Gasteiger partial charge is 0.251 e. The summed E-state index contributed by atoms with van der Waals surface area (Å²) in [5.74, 6) is 1.42. The van der Waals surface area contributed by atoms with Crippen LogP contribution in [-0.2, 0) is 11.2 Å². The summed E-state index contributed by atoms with van der Waals surface area (Å²) in [5, 5.41) is 13.8. The lowest BCUT2D eigenvalue weighted by Gasteiger charge is -2.46. The quantitative estimate of drug-likeness (QED) is 0.679. The molecule has 0 saturated carbocycles. The Kier molecular flexibility index (Phi) is 4.74. The molecule has 30 heavy (non-hydrogen) atoms. The molecular weight excluding hydrogens is 388 g/mol. The lowest BCUT2D eigenvalue weighted by Crippen LogP contribution is -2.51. The van der Waals surface area contributed by atoms with Gasteiger partial charge in [-0.15, -0.1) is 0 Å². The van der Waals surface area contributed by atoms with Gasteiger partial charge in [0.15, 0.2) is 5.76 Å². The van der Waals surface area contributed by atoms with E-state index in [1.807, 2.05) is 11.0 Å². The number of aromatic nitrogens is 3. The highest BCUT2D eigenvalue weighted by Crippen LogP contribution is 2.40. The fourth-order valence-electron chi connectivity index (χ4n) is 4.72. The summed E-state index contributed by atoms with van der Waals surface area (Å²) in [6.07, 6.45) is 3.01. The molecule has 156 valence electrons. The molecule has 9 heteroatoms. The number of carbonyl (C=O) groups is 1. The number of piperidine rings is 1. The van der Waals surface area contributed by atoms with Crippen LogP contribution in [-0.4, -0.2) is 50.3 Å². The summed E-state index contributed by atoms with van der Waals surface area (Å²) >= 11 is 0. The van der Waals surface area contributed by atoms with Crippen molar-refractivity contribution in [1.29, 1.82) is 0 Å². The lowest BCUT2D eigenvalue weighted by molar-refractivity contribution is -0.134. The molecule has 1 fully saturated rings. The van der Waals surface area contributed by atoms with E-state index in [0.29, 0.717) is 37.0 Å². The number of pyridine rings is 1. The van der Waals surface area contributed by atoms with Gasteiger partial charge >= 0.3 is 0 Å². The third-order valence-corrected chi connectivity index (χ3v) is 6.10. The highest BCUT2D eigenvalue weighted by atomic mass is 16.5. The third-order valence-electron chi connectivity index (χ3n) is 6.10. The molecule has 0 unspecified atom stereocenters. The van der Waals surface area contributed by atoms with Gasteiger partial charge in [-0.05, 0) is 24.6 Å². The van der Waals surface area contributed by atoms with Gasteiger partial charge in [0.2, 0.25) is 17.6 Å². The molecular formula is C21H22N4O5. The minimum absolute atomic E-state index is 0.00543. The molecule has 2 bridgehead atoms. The van der Waals surface area contributed by atoms with Crippen LogP contribution in [0.4, 0.5) is 0 Å². The van der Waals surface area contributed by atoms with E-state index in [0.717, 1.165) is 12.1 Å². The second-order valence-corrected chi connectivity index (χ2v) is 7.89. The van der Waals surface area contributed by atoms with Crippen LogP contribution < -0.4 is 5.56 Å². The number of aryl methyl sites for hydroxylation is 1. The molecule has 0 aliphatic carbocycles. The maximum absolute atomic E-state index is 12.9. The summed E-state index contributed by atoms with van der Waals surface area (Å²) in [6, 6.07) is 8.38. The number of hydrogen-bond donors (Lipinski definition) is 1. The van der Waals surface area contributed by atoms with Gasteiger partial charge in [-0.2, -0.15) is 4.98 Å². The number of amides is 1. The Morgan fingerprint density at radius 3 is 2.93 bits per heavy atom. The average molecular weight is 410 g/mol. The Morgan fingerprint density at radius 2 is 2.13 bits per heavy atom. The van der Waals surface area contributed by atoms with Crippen LogP contribution >= 0.6 is 0 Å². The second kappa shape index (κ2) is 7.56. The highest BCUT2D eigenvalue weighted by molar-refractivity contribution is 5.76. The van der Waals surface area contributed by atoms with Crippen LogP contribution in [0, 0.1) is 5.92 Å². The van der Waals surface area contributed by atoms with Gasteiger partial charge in [-0.3, -0.25) is 9.59 Å². The number of aliphatic hydroxyl groups excluding tert-OH is 1. The van der Waals surface area contributed by atoms with E-state index in [1.165, 1.54) is 12.3 Å². The molecule has 3 aromatic rings. The fourth-order valence-corrected chi connectivity index (χ4v) is 4.72. The topological polar surface area (TPSA) is 115 Å². The van der Waals surface area contributed by atoms with Gasteiger partial charge in [-0.1, -0.05) is 11.2 Å². The van der Waals surface area contributed by atoms with Crippen molar-refractivity contribution < 1.29 is 18.8 Å². The molecule has 5 rings (SSSR count). The molecule has 9 nitrogen and oxygen atoms in total. The molecule has 1 N–H and O–H groups in total. The minimum atomic E-state index is -0.299. The lowest BCUT2D eigenvalue weighted by atomic mass is 9.78. The molecule has 0 radical (unpaired) electrons. The first-order valence-corrected chi connectivity index (χ1v) is 10.1. The van der Waals surface area contributed by atoms with Crippen molar-refractivity contribution in [3.8, 4) is 11.6 Å². The van der Waals surface area contributed by atoms with Crippen LogP contribution in [0.3, 0.4) is 0 Å². The summed E-state index contributed by atoms with van der Waals surface area (Å²) in [5.41, 5.74) is 0.806. The van der Waals surface area contributed by atoms with E-state index in [1.54, 1.807) is 22.8 Å². The monoisotopic (exact) mass is 410 g/mol. The predicted molar refractivity (Wildman–Crippen MR) is 105 cm³/mol. The third kappa shape index (κ3) is 3.24. The SMILES string of the molecule is O=C(CCc1nc(-c2ccco2)no1)N1C[C@H]2C[C@@H](C1)[C@H](CO)n1c2cccc1=O. The molecule has 1 amide bonds. The zero-order valence-electron chi connectivity index (χ0n) is 16.3. The highest BCUT2D eigenvalue weighted by Gasteiger charge is 2.41. The van der Waals surface area contributed by atoms with Crippen LogP contribution in [0.2, 0.25) is 0 Å². The van der Waals surface area contributed by atoms with Crippen molar-refractivity contribution in [3.05, 3.63) is 58.5 Å². The van der Waals surface area contributed by atoms with Gasteiger partial charge in [-0.25, -0.2) is 0 Å². The molecule has 0 aromatic carbocycles. The molecule has 1 saturated heterocycles. The maximum atomic E-state index is 12.9. The van der Waals surface area contributed by atoms with Crippen LogP contribution in [0.1, 0.15) is 36.4 Å². The van der Waals surface area contributed by atoms with E-state index < -0.39 is 0 Å². The van der Waals surface area contributed by atoms with Crippen molar-refractivity contribution in [2.75, 3.05) is 19.7 Å². The molecule has 3 aromatic heterocycles. The number of nitrogens with zero attached hydrogens (tertiary/aromatic N) is 4. The number of aliphatic hydroxyl groups is 1. The van der Waals surface area contributed by atoms with Crippen LogP contribution in [0.25, 0.3) is 11.6 Å². The first-order chi connectivity index (χ1) is 14.6. The van der Waals surface area contributed by atoms with Crippen molar-refractivity contribution in [3.63, 3.8) is 0 Å². The van der Waals surface area contributed by atoms with Crippen LogP contribution in [0.5, 0.6) is 0 Å². The summed E-state index contributed by atoms with van der Waals surface area (Å²) < 4.78 is 12.2. The van der Waals surface area contributed by atoms with Crippen molar-refractivity contribution in [1.82, 2.24) is 19.6 Å². The first kappa shape index (κ1) is 18.8. The molecule has 5 heterocycles. The standard InChI is InChI=1S/C21H22N4O5/c26-12-16-14-9-13(15-3-1-5-20(28)25(15)16)10-24(11-14)19(27)7-6-18-22-21(23-30-18)17-4-2-8-29-17/h1-5,8,13-14,16,26H,6-7,9-12H2/t13-,14+,16+/m1/s1. The first-order valence-electron chi connectivity index (χ1n) is 10.1. The van der Waals surface area contributed by atoms with Gasteiger partial charge in [0, 0.05) is 49.5 Å². The van der Waals surface area contributed by atoms with E-state index >= 15 is 0 Å². The molecule has 2 aliphatic rings. The number of likely N-dealkylation sites (tertiary alicyclic amines) is 1. The zero-order chi connectivity index (χ0) is 20.7. The Morgan fingerprint density at radius 1 is 1.23 bits per heavy atom. The van der Waals surface area contributed by atoms with Gasteiger partial charge < -0.3 is 23.5 Å². The van der Waals surface area contributed by atoms with E-state index in [9.17, 15) is 14.7 Å². The zero-order valence-corrected chi connectivity index (χ0v) is 16.3. The Bertz CT molecular complexity index is 1100. The minimum Gasteiger partial charge on any atom is -0.461 e. The van der Waals surface area contributed by atoms with Gasteiger partial charge in [0.25, 0.3) is 5.56 Å². The summed E-state index contributed by atoms with van der Waals surface area (Å²) in [7, 11) is 0. The number of furan rings is 1. The predicted octanol–water partition coefficient (Wildman–Crippen LogP) is 1.60. The Balaban J connectivity index is 1.28. The van der Waals surface area contributed by atoms with Gasteiger partial charge in [0.1, 0.15) is 0 Å². The second-order valence-electron chi connectivity index (χ2n) is 7.89. The van der Waals surface area contributed by atoms with Gasteiger partial charge in [0.05, 0.1) is 18.9 Å². The van der Waals surface area contributed by atoms with Crippen molar-refractivity contribution >= 4 is 5.91 Å². The fraction of sp³-hybridized carbons (Fsp3) is 0.429. The normalized spacial score (nSPS) is 22.7. The van der Waals surface area contributed by atoms with E-state index in [2.05, 4.69) is 10.1 Å². The Labute approximate surface area is 171 Å².